The minimum Gasteiger partial charge on any atom is -0.338 e. The van der Waals surface area contributed by atoms with E-state index in [0.29, 0.717) is 0 Å². The molecule has 1 aromatic heterocycles. The quantitative estimate of drug-likeness (QED) is 0.708. The first kappa shape index (κ1) is 12.0. The summed E-state index contributed by atoms with van der Waals surface area (Å²) in [5.41, 5.74) is 0.645. The van der Waals surface area contributed by atoms with E-state index in [-0.39, 0.29) is 27.4 Å². The number of imidazole rings is 1. The lowest BCUT2D eigenvalue weighted by molar-refractivity contribution is 0.510. The standard InChI is InChI=1S/C13H6ClF3N2/c14-7-3-1-2-6(12(7)17)13-18-10-4-8(15)9(16)5-11(10)19-13/h1-5H,(H,18,19). The highest BCUT2D eigenvalue weighted by atomic mass is 35.5. The number of aromatic nitrogens is 2. The van der Waals surface area contributed by atoms with Gasteiger partial charge in [0.05, 0.1) is 21.6 Å². The SMILES string of the molecule is Fc1cc2nc(-c3cccc(Cl)c3F)[nH]c2cc1F. The van der Waals surface area contributed by atoms with Gasteiger partial charge in [-0.05, 0) is 12.1 Å². The fourth-order valence-corrected chi connectivity index (χ4v) is 1.99. The molecular formula is C13H6ClF3N2. The van der Waals surface area contributed by atoms with Crippen LogP contribution in [0.1, 0.15) is 0 Å². The summed E-state index contributed by atoms with van der Waals surface area (Å²) in [4.78, 5) is 6.76. The Balaban J connectivity index is 2.23. The second-order valence-corrected chi connectivity index (χ2v) is 4.38. The second-order valence-electron chi connectivity index (χ2n) is 3.97. The zero-order chi connectivity index (χ0) is 13.6. The molecule has 2 nitrogen and oxygen atoms in total. The van der Waals surface area contributed by atoms with Crippen LogP contribution in [-0.4, -0.2) is 9.97 Å². The van der Waals surface area contributed by atoms with Crippen molar-refractivity contribution in [2.24, 2.45) is 0 Å². The van der Waals surface area contributed by atoms with Crippen LogP contribution in [0.2, 0.25) is 5.02 Å². The van der Waals surface area contributed by atoms with E-state index in [4.69, 9.17) is 11.6 Å². The molecule has 0 saturated heterocycles. The monoisotopic (exact) mass is 282 g/mol. The molecule has 0 unspecified atom stereocenters. The zero-order valence-electron chi connectivity index (χ0n) is 9.35. The Morgan fingerprint density at radius 2 is 1.79 bits per heavy atom. The van der Waals surface area contributed by atoms with Gasteiger partial charge in [0.15, 0.2) is 17.5 Å². The average Bonchev–Trinajstić information content (AvgIpc) is 2.76. The van der Waals surface area contributed by atoms with Crippen LogP contribution in [0.3, 0.4) is 0 Å². The molecule has 2 aromatic carbocycles. The minimum absolute atomic E-state index is 0.0460. The summed E-state index contributed by atoms with van der Waals surface area (Å²) in [6.07, 6.45) is 0. The Bertz CT molecular complexity index is 744. The smallest absolute Gasteiger partial charge is 0.161 e. The van der Waals surface area contributed by atoms with Gasteiger partial charge in [0, 0.05) is 12.1 Å². The van der Waals surface area contributed by atoms with E-state index >= 15 is 0 Å². The highest BCUT2D eigenvalue weighted by Gasteiger charge is 2.14. The number of hydrogen-bond donors (Lipinski definition) is 1. The van der Waals surface area contributed by atoms with E-state index < -0.39 is 17.5 Å². The Kier molecular flexibility index (Phi) is 2.71. The highest BCUT2D eigenvalue weighted by molar-refractivity contribution is 6.31. The van der Waals surface area contributed by atoms with Crippen LogP contribution in [0.5, 0.6) is 0 Å². The summed E-state index contributed by atoms with van der Waals surface area (Å²) < 4.78 is 40.0. The first-order chi connectivity index (χ1) is 9.06. The molecule has 96 valence electrons. The molecule has 1 N–H and O–H groups in total. The number of nitrogens with one attached hydrogen (secondary N) is 1. The molecule has 0 aliphatic carbocycles. The molecule has 3 aromatic rings. The maximum Gasteiger partial charge on any atom is 0.161 e. The second kappa shape index (κ2) is 4.28. The lowest BCUT2D eigenvalue weighted by atomic mass is 10.2. The molecule has 0 saturated carbocycles. The van der Waals surface area contributed by atoms with E-state index in [0.717, 1.165) is 12.1 Å². The van der Waals surface area contributed by atoms with Gasteiger partial charge in [-0.3, -0.25) is 0 Å². The fourth-order valence-electron chi connectivity index (χ4n) is 1.82. The summed E-state index contributed by atoms with van der Waals surface area (Å²) in [6, 6.07) is 6.37. The van der Waals surface area contributed by atoms with Crippen molar-refractivity contribution in [1.82, 2.24) is 9.97 Å². The van der Waals surface area contributed by atoms with Crippen molar-refractivity contribution in [1.29, 1.82) is 0 Å². The van der Waals surface area contributed by atoms with Gasteiger partial charge >= 0.3 is 0 Å². The van der Waals surface area contributed by atoms with Gasteiger partial charge in [0.1, 0.15) is 5.82 Å². The summed E-state index contributed by atoms with van der Waals surface area (Å²) in [6.45, 7) is 0. The molecule has 0 aliphatic heterocycles. The van der Waals surface area contributed by atoms with Gasteiger partial charge in [0.25, 0.3) is 0 Å². The van der Waals surface area contributed by atoms with Crippen LogP contribution < -0.4 is 0 Å². The number of H-pyrrole nitrogens is 1. The van der Waals surface area contributed by atoms with Crippen molar-refractivity contribution in [3.8, 4) is 11.4 Å². The number of aromatic amines is 1. The van der Waals surface area contributed by atoms with Crippen molar-refractivity contribution in [2.75, 3.05) is 0 Å². The van der Waals surface area contributed by atoms with E-state index in [2.05, 4.69) is 9.97 Å². The Morgan fingerprint density at radius 3 is 2.58 bits per heavy atom. The molecule has 0 radical (unpaired) electrons. The Labute approximate surface area is 110 Å². The first-order valence-electron chi connectivity index (χ1n) is 5.35. The van der Waals surface area contributed by atoms with Gasteiger partial charge in [0.2, 0.25) is 0 Å². The summed E-state index contributed by atoms with van der Waals surface area (Å²) in [5, 5.41) is -0.0460. The summed E-state index contributed by atoms with van der Waals surface area (Å²) in [7, 11) is 0. The third kappa shape index (κ3) is 1.96. The van der Waals surface area contributed by atoms with E-state index in [9.17, 15) is 13.2 Å². The molecule has 19 heavy (non-hydrogen) atoms. The number of benzene rings is 2. The Hall–Kier alpha value is -2.01. The molecule has 6 heteroatoms. The van der Waals surface area contributed by atoms with E-state index in [1.807, 2.05) is 0 Å². The number of halogens is 4. The van der Waals surface area contributed by atoms with E-state index in [1.165, 1.54) is 12.1 Å². The number of rotatable bonds is 1. The van der Waals surface area contributed by atoms with Crippen molar-refractivity contribution >= 4 is 22.6 Å². The third-order valence-electron chi connectivity index (χ3n) is 2.73. The molecule has 0 atom stereocenters. The van der Waals surface area contributed by atoms with Crippen LogP contribution in [0.25, 0.3) is 22.4 Å². The Morgan fingerprint density at radius 1 is 1.05 bits per heavy atom. The summed E-state index contributed by atoms with van der Waals surface area (Å²) in [5.74, 6) is -2.46. The van der Waals surface area contributed by atoms with Gasteiger partial charge in [-0.25, -0.2) is 18.2 Å². The largest absolute Gasteiger partial charge is 0.338 e. The predicted octanol–water partition coefficient (Wildman–Crippen LogP) is 4.30. The molecule has 0 fully saturated rings. The average molecular weight is 283 g/mol. The normalized spacial score (nSPS) is 11.2. The molecular weight excluding hydrogens is 277 g/mol. The fraction of sp³-hybridized carbons (Fsp3) is 0. The molecule has 1 heterocycles. The van der Waals surface area contributed by atoms with Gasteiger partial charge < -0.3 is 4.98 Å². The van der Waals surface area contributed by atoms with Crippen LogP contribution in [0, 0.1) is 17.5 Å². The summed E-state index contributed by atoms with van der Waals surface area (Å²) >= 11 is 5.68. The number of nitrogens with zero attached hydrogens (tertiary/aromatic N) is 1. The van der Waals surface area contributed by atoms with Crippen LogP contribution in [0.4, 0.5) is 13.2 Å². The third-order valence-corrected chi connectivity index (χ3v) is 3.02. The lowest BCUT2D eigenvalue weighted by Gasteiger charge is -2.00. The van der Waals surface area contributed by atoms with Crippen LogP contribution in [-0.2, 0) is 0 Å². The van der Waals surface area contributed by atoms with Gasteiger partial charge in [-0.15, -0.1) is 0 Å². The zero-order valence-corrected chi connectivity index (χ0v) is 10.1. The van der Waals surface area contributed by atoms with Crippen molar-refractivity contribution < 1.29 is 13.2 Å². The number of hydrogen-bond acceptors (Lipinski definition) is 1. The van der Waals surface area contributed by atoms with E-state index in [1.54, 1.807) is 6.07 Å². The first-order valence-corrected chi connectivity index (χ1v) is 5.73. The highest BCUT2D eigenvalue weighted by Crippen LogP contribution is 2.27. The van der Waals surface area contributed by atoms with Crippen molar-refractivity contribution in [2.45, 2.75) is 0 Å². The molecule has 0 amide bonds. The molecule has 0 aliphatic rings. The van der Waals surface area contributed by atoms with Crippen molar-refractivity contribution in [3.63, 3.8) is 0 Å². The molecule has 3 rings (SSSR count). The van der Waals surface area contributed by atoms with Gasteiger partial charge in [-0.1, -0.05) is 17.7 Å². The number of fused-ring (bicyclic) bond motifs is 1. The molecule has 0 spiro atoms. The lowest BCUT2D eigenvalue weighted by Crippen LogP contribution is -1.86. The van der Waals surface area contributed by atoms with Crippen LogP contribution >= 0.6 is 11.6 Å². The molecule has 0 bridgehead atoms. The van der Waals surface area contributed by atoms with Crippen LogP contribution in [0.15, 0.2) is 30.3 Å². The van der Waals surface area contributed by atoms with Crippen molar-refractivity contribution in [3.05, 3.63) is 52.8 Å². The maximum atomic E-state index is 13.8. The van der Waals surface area contributed by atoms with Gasteiger partial charge in [-0.2, -0.15) is 0 Å². The minimum atomic E-state index is -1.00. The predicted molar refractivity (Wildman–Crippen MR) is 66.4 cm³/mol. The maximum absolute atomic E-state index is 13.8. The topological polar surface area (TPSA) is 28.7 Å².